The summed E-state index contributed by atoms with van der Waals surface area (Å²) < 4.78 is 54.4. The maximum atomic E-state index is 14.8. The van der Waals surface area contributed by atoms with E-state index in [1.165, 1.54) is 18.2 Å². The van der Waals surface area contributed by atoms with Crippen LogP contribution in [0.1, 0.15) is 62.1 Å². The molecule has 0 saturated carbocycles. The maximum absolute atomic E-state index is 14.8. The number of halogens is 3. The van der Waals surface area contributed by atoms with Crippen molar-refractivity contribution in [2.24, 2.45) is 0 Å². The minimum atomic E-state index is -0.907. The Labute approximate surface area is 303 Å². The highest BCUT2D eigenvalue weighted by molar-refractivity contribution is 6.02. The number of benzene rings is 3. The second kappa shape index (κ2) is 14.6. The zero-order valence-electron chi connectivity index (χ0n) is 29.9. The first-order valence-corrected chi connectivity index (χ1v) is 18.3. The lowest BCUT2D eigenvalue weighted by Crippen LogP contribution is -2.49. The zero-order chi connectivity index (χ0) is 36.6. The Morgan fingerprint density at radius 2 is 1.75 bits per heavy atom. The van der Waals surface area contributed by atoms with E-state index in [0.717, 1.165) is 74.0 Å². The molecule has 2 saturated heterocycles. The second-order valence-corrected chi connectivity index (χ2v) is 15.4. The molecule has 4 aliphatic rings. The fourth-order valence-electron chi connectivity index (χ4n) is 8.71. The molecule has 11 heteroatoms. The fourth-order valence-corrected chi connectivity index (χ4v) is 8.71. The molecule has 0 unspecified atom stereocenters. The molecule has 0 radical (unpaired) electrons. The lowest BCUT2D eigenvalue weighted by molar-refractivity contribution is -0.122. The van der Waals surface area contributed by atoms with Gasteiger partial charge in [0.25, 0.3) is 5.91 Å². The monoisotopic (exact) mass is 716 g/mol. The van der Waals surface area contributed by atoms with Crippen molar-refractivity contribution < 1.29 is 32.2 Å². The van der Waals surface area contributed by atoms with Gasteiger partial charge >= 0.3 is 0 Å². The molecule has 8 nitrogen and oxygen atoms in total. The van der Waals surface area contributed by atoms with Crippen molar-refractivity contribution in [1.82, 2.24) is 10.2 Å². The summed E-state index contributed by atoms with van der Waals surface area (Å²) >= 11 is 0. The van der Waals surface area contributed by atoms with E-state index in [1.807, 2.05) is 38.1 Å². The van der Waals surface area contributed by atoms with Gasteiger partial charge in [-0.2, -0.15) is 0 Å². The Morgan fingerprint density at radius 3 is 2.48 bits per heavy atom. The number of anilines is 2. The molecule has 52 heavy (non-hydrogen) atoms. The van der Waals surface area contributed by atoms with Crippen LogP contribution in [-0.4, -0.2) is 80.8 Å². The number of nitrogens with zero attached hydrogens (tertiary/aromatic N) is 3. The van der Waals surface area contributed by atoms with Crippen LogP contribution in [0, 0.1) is 17.5 Å². The quantitative estimate of drug-likeness (QED) is 0.264. The average molecular weight is 717 g/mol. The minimum absolute atomic E-state index is 0.0813. The number of hydrogen-bond acceptors (Lipinski definition) is 6. The van der Waals surface area contributed by atoms with Crippen LogP contribution in [0.2, 0.25) is 0 Å². The van der Waals surface area contributed by atoms with E-state index < -0.39 is 17.2 Å². The predicted octanol–water partition coefficient (Wildman–Crippen LogP) is 6.27. The second-order valence-electron chi connectivity index (χ2n) is 15.4. The Hall–Kier alpha value is -4.35. The van der Waals surface area contributed by atoms with E-state index in [1.54, 1.807) is 17.0 Å². The Bertz CT molecular complexity index is 1840. The van der Waals surface area contributed by atoms with Crippen LogP contribution in [-0.2, 0) is 26.2 Å². The summed E-state index contributed by atoms with van der Waals surface area (Å²) in [5.41, 5.74) is 3.52. The first-order valence-electron chi connectivity index (χ1n) is 18.3. The molecule has 1 aliphatic carbocycles. The number of carbonyl (C=O) groups excluding carboxylic acids is 2. The number of ether oxygens (including phenoxy) is 2. The Morgan fingerprint density at radius 1 is 0.981 bits per heavy atom. The van der Waals surface area contributed by atoms with Crippen LogP contribution in [0.15, 0.2) is 67.3 Å². The van der Waals surface area contributed by atoms with Crippen LogP contribution < -0.4 is 19.9 Å². The van der Waals surface area contributed by atoms with E-state index >= 15 is 0 Å². The van der Waals surface area contributed by atoms with Gasteiger partial charge in [-0.15, -0.1) is 0 Å². The van der Waals surface area contributed by atoms with Crippen molar-refractivity contribution in [2.75, 3.05) is 62.3 Å². The molecule has 3 aromatic carbocycles. The van der Waals surface area contributed by atoms with Crippen molar-refractivity contribution in [3.05, 3.63) is 101 Å². The van der Waals surface area contributed by atoms with Gasteiger partial charge in [0.2, 0.25) is 5.91 Å². The molecule has 3 heterocycles. The van der Waals surface area contributed by atoms with Gasteiger partial charge in [-0.05, 0) is 110 Å². The highest BCUT2D eigenvalue weighted by Gasteiger charge is 2.46. The number of hydrogen-bond donors (Lipinski definition) is 1. The maximum Gasteiger partial charge on any atom is 0.250 e. The van der Waals surface area contributed by atoms with Crippen LogP contribution in [0.25, 0.3) is 0 Å². The zero-order valence-corrected chi connectivity index (χ0v) is 29.9. The molecule has 1 N–H and O–H groups in total. The molecule has 0 bridgehead atoms. The van der Waals surface area contributed by atoms with Gasteiger partial charge in [0.15, 0.2) is 11.6 Å². The topological polar surface area (TPSA) is 74.4 Å². The molecule has 276 valence electrons. The summed E-state index contributed by atoms with van der Waals surface area (Å²) in [5.74, 6) is -1.80. The summed E-state index contributed by atoms with van der Waals surface area (Å²) in [4.78, 5) is 32.7. The predicted molar refractivity (Wildman–Crippen MR) is 194 cm³/mol. The highest BCUT2D eigenvalue weighted by Crippen LogP contribution is 2.53. The summed E-state index contributed by atoms with van der Waals surface area (Å²) in [7, 11) is 0. The molecule has 7 rings (SSSR count). The summed E-state index contributed by atoms with van der Waals surface area (Å²) in [6.45, 7) is 12.7. The lowest BCUT2D eigenvalue weighted by atomic mass is 9.73. The number of rotatable bonds is 9. The third-order valence-electron chi connectivity index (χ3n) is 11.2. The third kappa shape index (κ3) is 7.57. The van der Waals surface area contributed by atoms with Crippen molar-refractivity contribution in [2.45, 2.75) is 68.9 Å². The normalized spacial score (nSPS) is 21.2. The minimum Gasteiger partial charge on any atom is -0.484 e. The SMILES string of the molecule is C=CC(=O)N1CC(C)(C)Oc2cc(N3CCC4(CC3)C[C@@H](CC(=O)N[C@H](Cc3ccc(F)c(F)c3)CN3CCOCC3)c3ccc(F)cc34)ccc21. The molecule has 2 atom stereocenters. The van der Waals surface area contributed by atoms with Gasteiger partial charge in [0.1, 0.15) is 17.2 Å². The largest absolute Gasteiger partial charge is 0.484 e. The smallest absolute Gasteiger partial charge is 0.250 e. The van der Waals surface area contributed by atoms with Crippen molar-refractivity contribution in [1.29, 1.82) is 0 Å². The molecule has 0 aromatic heterocycles. The standard InChI is InChI=1S/C41H47F3N4O4/c1-4-39(50)48-26-40(2,3)52-37-23-31(7-10-36(37)48)47-13-11-41(12-14-47)24-28(32-8-6-29(42)22-33(32)41)21-38(49)45-30(25-46-15-17-51-18-16-46)19-27-5-9-34(43)35(44)20-27/h4-10,20,22-23,28,30H,1,11-19,21,24-26H2,2-3H3,(H,45,49)/t28-,30-/m1/s1. The fraction of sp³-hybridized carbons (Fsp3) is 0.463. The number of fused-ring (bicyclic) bond motifs is 3. The molecular formula is C41H47F3N4O4. The first-order chi connectivity index (χ1) is 24.9. The average Bonchev–Trinajstić information content (AvgIpc) is 3.39. The number of amides is 2. The Kier molecular flexibility index (Phi) is 10.1. The van der Waals surface area contributed by atoms with Gasteiger partial charge < -0.3 is 24.6 Å². The molecule has 2 amide bonds. The van der Waals surface area contributed by atoms with Gasteiger partial charge in [-0.25, -0.2) is 13.2 Å². The molecule has 3 aliphatic heterocycles. The van der Waals surface area contributed by atoms with Gasteiger partial charge in [-0.3, -0.25) is 14.5 Å². The highest BCUT2D eigenvalue weighted by atomic mass is 19.2. The number of nitrogens with one attached hydrogen (secondary N) is 1. The van der Waals surface area contributed by atoms with Crippen LogP contribution >= 0.6 is 0 Å². The van der Waals surface area contributed by atoms with Crippen molar-refractivity contribution >= 4 is 23.2 Å². The molecule has 1 spiro atoms. The Balaban J connectivity index is 1.05. The first kappa shape index (κ1) is 36.0. The van der Waals surface area contributed by atoms with E-state index in [0.29, 0.717) is 44.0 Å². The van der Waals surface area contributed by atoms with E-state index in [9.17, 15) is 22.8 Å². The molecule has 2 fully saturated rings. The number of carbonyl (C=O) groups is 2. The molecule has 3 aromatic rings. The van der Waals surface area contributed by atoms with Gasteiger partial charge in [-0.1, -0.05) is 18.7 Å². The third-order valence-corrected chi connectivity index (χ3v) is 11.2. The summed E-state index contributed by atoms with van der Waals surface area (Å²) in [5, 5.41) is 3.22. The van der Waals surface area contributed by atoms with E-state index in [2.05, 4.69) is 21.7 Å². The van der Waals surface area contributed by atoms with Gasteiger partial charge in [0, 0.05) is 56.9 Å². The van der Waals surface area contributed by atoms with E-state index in [4.69, 9.17) is 9.47 Å². The van der Waals surface area contributed by atoms with Crippen LogP contribution in [0.5, 0.6) is 5.75 Å². The summed E-state index contributed by atoms with van der Waals surface area (Å²) in [6, 6.07) is 14.5. The van der Waals surface area contributed by atoms with Crippen molar-refractivity contribution in [3.8, 4) is 5.75 Å². The van der Waals surface area contributed by atoms with Crippen molar-refractivity contribution in [3.63, 3.8) is 0 Å². The van der Waals surface area contributed by atoms with Gasteiger partial charge in [0.05, 0.1) is 25.4 Å². The number of piperidine rings is 1. The van der Waals surface area contributed by atoms with Crippen LogP contribution in [0.4, 0.5) is 24.5 Å². The molecular weight excluding hydrogens is 669 g/mol. The lowest BCUT2D eigenvalue weighted by Gasteiger charge is -2.43. The van der Waals surface area contributed by atoms with Crippen LogP contribution in [0.3, 0.4) is 0 Å². The summed E-state index contributed by atoms with van der Waals surface area (Å²) in [6.07, 6.45) is 4.26. The number of morpholine rings is 1. The van der Waals surface area contributed by atoms with E-state index in [-0.39, 0.29) is 41.4 Å².